The molecule has 40 heavy (non-hydrogen) atoms. The molecule has 1 N–H and O–H groups in total. The molecule has 4 aliphatic carbocycles. The van der Waals surface area contributed by atoms with Gasteiger partial charge in [-0.1, -0.05) is 33.8 Å². The number of aliphatic hydroxyl groups is 1. The van der Waals surface area contributed by atoms with E-state index in [0.717, 1.165) is 6.92 Å². The summed E-state index contributed by atoms with van der Waals surface area (Å²) >= 11 is 0. The number of hydrogen-bond acceptors (Lipinski definition) is 9. The van der Waals surface area contributed by atoms with Crippen molar-refractivity contribution in [1.29, 1.82) is 0 Å². The number of esters is 3. The molecule has 0 saturated heterocycles. The molecule has 218 valence electrons. The molecule has 10 heteroatoms. The van der Waals surface area contributed by atoms with Crippen molar-refractivity contribution in [1.82, 2.24) is 0 Å². The first-order chi connectivity index (χ1) is 18.5. The molecule has 0 aromatic rings. The summed E-state index contributed by atoms with van der Waals surface area (Å²) in [7, 11) is 0. The van der Waals surface area contributed by atoms with E-state index in [1.807, 2.05) is 0 Å². The zero-order valence-corrected chi connectivity index (χ0v) is 23.9. The summed E-state index contributed by atoms with van der Waals surface area (Å²) in [5.74, 6) is -6.06. The maximum atomic E-state index is 17.7. The van der Waals surface area contributed by atoms with E-state index in [4.69, 9.17) is 14.2 Å². The van der Waals surface area contributed by atoms with E-state index in [-0.39, 0.29) is 24.2 Å². The molecule has 0 aromatic carbocycles. The van der Waals surface area contributed by atoms with Crippen molar-refractivity contribution in [2.24, 2.45) is 34.5 Å². The third kappa shape index (κ3) is 4.01. The number of aliphatic hydroxyl groups excluding tert-OH is 1. The van der Waals surface area contributed by atoms with Crippen molar-refractivity contribution >= 4 is 29.5 Å². The lowest BCUT2D eigenvalue weighted by atomic mass is 9.46. The number of fused-ring (bicyclic) bond motifs is 5. The van der Waals surface area contributed by atoms with Crippen molar-refractivity contribution in [3.05, 3.63) is 35.6 Å². The Bertz CT molecular complexity index is 1260. The maximum absolute atomic E-state index is 17.7. The van der Waals surface area contributed by atoms with Gasteiger partial charge in [0.05, 0.1) is 17.4 Å². The van der Waals surface area contributed by atoms with Gasteiger partial charge in [0.2, 0.25) is 5.78 Å². The maximum Gasteiger partial charge on any atom is 0.309 e. The highest BCUT2D eigenvalue weighted by molar-refractivity contribution is 6.02. The van der Waals surface area contributed by atoms with Crippen LogP contribution in [-0.4, -0.2) is 58.6 Å². The molecular formula is C30H37FO9. The fourth-order valence-corrected chi connectivity index (χ4v) is 7.74. The van der Waals surface area contributed by atoms with Crippen LogP contribution in [0.4, 0.5) is 4.39 Å². The van der Waals surface area contributed by atoms with Crippen molar-refractivity contribution in [2.75, 3.05) is 6.61 Å². The highest BCUT2D eigenvalue weighted by Crippen LogP contribution is 2.71. The summed E-state index contributed by atoms with van der Waals surface area (Å²) in [6.07, 6.45) is 3.55. The Hall–Kier alpha value is -3.14. The van der Waals surface area contributed by atoms with E-state index in [2.05, 4.69) is 0 Å². The summed E-state index contributed by atoms with van der Waals surface area (Å²) in [5.41, 5.74) is -6.89. The quantitative estimate of drug-likeness (QED) is 0.384. The van der Waals surface area contributed by atoms with Crippen molar-refractivity contribution in [2.45, 2.75) is 78.7 Å². The van der Waals surface area contributed by atoms with Gasteiger partial charge in [-0.3, -0.25) is 24.0 Å². The first-order valence-electron chi connectivity index (χ1n) is 13.6. The van der Waals surface area contributed by atoms with E-state index >= 15 is 4.39 Å². The minimum Gasteiger partial charge on any atom is -0.458 e. The zero-order valence-electron chi connectivity index (χ0n) is 23.9. The highest BCUT2D eigenvalue weighted by Gasteiger charge is 2.77. The van der Waals surface area contributed by atoms with Gasteiger partial charge < -0.3 is 19.3 Å². The summed E-state index contributed by atoms with van der Waals surface area (Å²) in [6.45, 7) is 9.90. The summed E-state index contributed by atoms with van der Waals surface area (Å²) in [6, 6.07) is 0. The fourth-order valence-electron chi connectivity index (χ4n) is 7.74. The largest absolute Gasteiger partial charge is 0.458 e. The fraction of sp³-hybridized carbons (Fsp3) is 0.633. The molecule has 0 radical (unpaired) electrons. The predicted octanol–water partition coefficient (Wildman–Crippen LogP) is 3.34. The topological polar surface area (TPSA) is 133 Å². The molecule has 0 aromatic heterocycles. The zero-order chi connectivity index (χ0) is 30.0. The van der Waals surface area contributed by atoms with Gasteiger partial charge in [0.1, 0.15) is 5.76 Å². The lowest BCUT2D eigenvalue weighted by Gasteiger charge is -2.61. The Balaban J connectivity index is 1.94. The minimum atomic E-state index is -2.36. The third-order valence-electron chi connectivity index (χ3n) is 9.62. The normalized spacial score (nSPS) is 39.8. The van der Waals surface area contributed by atoms with Gasteiger partial charge in [0.15, 0.2) is 23.7 Å². The van der Waals surface area contributed by atoms with Crippen LogP contribution in [0.1, 0.15) is 61.3 Å². The Morgan fingerprint density at radius 2 is 1.80 bits per heavy atom. The smallest absolute Gasteiger partial charge is 0.309 e. The highest BCUT2D eigenvalue weighted by atomic mass is 19.1. The van der Waals surface area contributed by atoms with Crippen LogP contribution in [0.5, 0.6) is 0 Å². The van der Waals surface area contributed by atoms with Gasteiger partial charge in [-0.05, 0) is 43.9 Å². The molecule has 2 saturated carbocycles. The molecule has 0 amide bonds. The number of ether oxygens (including phenoxy) is 3. The Morgan fingerprint density at radius 3 is 2.38 bits per heavy atom. The molecule has 4 aliphatic rings. The Labute approximate surface area is 232 Å². The average Bonchev–Trinajstić information content (AvgIpc) is 3.06. The van der Waals surface area contributed by atoms with Gasteiger partial charge in [-0.25, -0.2) is 4.39 Å². The van der Waals surface area contributed by atoms with Crippen LogP contribution in [0.3, 0.4) is 0 Å². The molecule has 0 unspecified atom stereocenters. The first kappa shape index (κ1) is 29.8. The number of halogens is 1. The third-order valence-corrected chi connectivity index (χ3v) is 9.62. The van der Waals surface area contributed by atoms with E-state index in [0.29, 0.717) is 0 Å². The summed E-state index contributed by atoms with van der Waals surface area (Å²) in [4.78, 5) is 62.9. The second-order valence-corrected chi connectivity index (χ2v) is 12.3. The van der Waals surface area contributed by atoms with Crippen LogP contribution >= 0.6 is 0 Å². The Kier molecular flexibility index (Phi) is 7.27. The van der Waals surface area contributed by atoms with Gasteiger partial charge in [-0.2, -0.15) is 0 Å². The number of rotatable bonds is 6. The SMILES string of the molecule is CC(=O)OCC(=O)[C@]1(OC(=O)C(C)C)[C@@H](C)C[C@H]2[C@@H]3C=C(OC(C)=O)C4=CC(=O)C=C[C@]4(C)[C@@]3(F)[C@@H](O)C[C@@]21C. The van der Waals surface area contributed by atoms with Crippen LogP contribution < -0.4 is 0 Å². The number of ketones is 2. The van der Waals surface area contributed by atoms with E-state index in [1.165, 1.54) is 31.2 Å². The number of hydrogen-bond donors (Lipinski definition) is 1. The molecule has 8 atom stereocenters. The Morgan fingerprint density at radius 1 is 1.15 bits per heavy atom. The number of allylic oxidation sites excluding steroid dienone is 5. The van der Waals surface area contributed by atoms with Crippen LogP contribution in [0.15, 0.2) is 35.6 Å². The van der Waals surface area contributed by atoms with Crippen LogP contribution in [0.25, 0.3) is 0 Å². The van der Waals surface area contributed by atoms with Crippen molar-refractivity contribution in [3.8, 4) is 0 Å². The second kappa shape index (κ2) is 9.75. The molecule has 9 nitrogen and oxygen atoms in total. The molecule has 0 bridgehead atoms. The predicted molar refractivity (Wildman–Crippen MR) is 139 cm³/mol. The molecular weight excluding hydrogens is 523 g/mol. The monoisotopic (exact) mass is 560 g/mol. The molecule has 2 fully saturated rings. The number of alkyl halides is 1. The average molecular weight is 561 g/mol. The number of carbonyl (C=O) groups is 5. The van der Waals surface area contributed by atoms with E-state index in [9.17, 15) is 29.1 Å². The standard InChI is InChI=1S/C30H37FO9/c1-15(2)26(37)40-30(25(36)14-38-17(4)32)16(3)10-20-21-12-23(39-18(5)33)22-11-19(34)8-9-27(22,6)29(21,31)24(35)13-28(20,30)7/h8-9,11-12,15-16,20-21,24,35H,10,13-14H2,1-7H3/t16-,20-,21-,24-,27-,28-,29-,30+/m0/s1. The lowest BCUT2D eigenvalue weighted by Crippen LogP contribution is -2.69. The second-order valence-electron chi connectivity index (χ2n) is 12.3. The van der Waals surface area contributed by atoms with Gasteiger partial charge in [0.25, 0.3) is 0 Å². The van der Waals surface area contributed by atoms with Crippen molar-refractivity contribution in [3.63, 3.8) is 0 Å². The minimum absolute atomic E-state index is 0.0120. The van der Waals surface area contributed by atoms with Gasteiger partial charge >= 0.3 is 17.9 Å². The van der Waals surface area contributed by atoms with E-state index in [1.54, 1.807) is 34.6 Å². The van der Waals surface area contributed by atoms with Crippen LogP contribution in [0.2, 0.25) is 0 Å². The number of Topliss-reactive ketones (excluding diaryl/α,β-unsaturated/α-hetero) is 1. The molecule has 4 rings (SSSR count). The first-order valence-corrected chi connectivity index (χ1v) is 13.6. The van der Waals surface area contributed by atoms with Gasteiger partial charge in [0, 0.05) is 36.7 Å². The molecule has 0 heterocycles. The van der Waals surface area contributed by atoms with Crippen LogP contribution in [-0.2, 0) is 38.2 Å². The molecule has 0 aliphatic heterocycles. The van der Waals surface area contributed by atoms with Crippen molar-refractivity contribution < 1.29 is 47.7 Å². The molecule has 0 spiro atoms. The summed E-state index contributed by atoms with van der Waals surface area (Å²) in [5, 5.41) is 11.7. The number of carbonyl (C=O) groups excluding carboxylic acids is 5. The van der Waals surface area contributed by atoms with E-state index < -0.39 is 88.0 Å². The van der Waals surface area contributed by atoms with Crippen LogP contribution in [0, 0.1) is 34.5 Å². The summed E-state index contributed by atoms with van der Waals surface area (Å²) < 4.78 is 34.3. The van der Waals surface area contributed by atoms with Gasteiger partial charge in [-0.15, -0.1) is 0 Å². The lowest BCUT2D eigenvalue weighted by molar-refractivity contribution is -0.221.